The molecule has 0 unspecified atom stereocenters. The Morgan fingerprint density at radius 2 is 2.00 bits per heavy atom. The van der Waals surface area contributed by atoms with Crippen molar-refractivity contribution in [2.75, 3.05) is 12.0 Å². The zero-order valence-electron chi connectivity index (χ0n) is 11.9. The van der Waals surface area contributed by atoms with Crippen LogP contribution in [-0.4, -0.2) is 16.6 Å². The third-order valence-corrected chi connectivity index (χ3v) is 3.96. The molecule has 0 radical (unpaired) electrons. The predicted octanol–water partition coefficient (Wildman–Crippen LogP) is 3.72. The van der Waals surface area contributed by atoms with E-state index in [4.69, 9.17) is 10.6 Å². The Morgan fingerprint density at radius 1 is 1.20 bits per heavy atom. The fourth-order valence-corrected chi connectivity index (χ4v) is 2.81. The van der Waals surface area contributed by atoms with Gasteiger partial charge in [0.2, 0.25) is 11.8 Å². The van der Waals surface area contributed by atoms with Gasteiger partial charge in [0.15, 0.2) is 0 Å². The lowest BCUT2D eigenvalue weighted by Gasteiger charge is -2.07. The molecule has 2 heterocycles. The Labute approximate surface area is 123 Å². The minimum absolute atomic E-state index is 0.401. The predicted molar refractivity (Wildman–Crippen MR) is 84.1 cm³/mol. The fourth-order valence-electron chi connectivity index (χ4n) is 2.05. The summed E-state index contributed by atoms with van der Waals surface area (Å²) in [7, 11) is 0. The van der Waals surface area contributed by atoms with Crippen LogP contribution in [0.2, 0.25) is 0 Å². The molecule has 2 rings (SSSR count). The van der Waals surface area contributed by atoms with Crippen molar-refractivity contribution in [1.29, 1.82) is 0 Å². The van der Waals surface area contributed by atoms with Crippen LogP contribution in [0.1, 0.15) is 45.4 Å². The van der Waals surface area contributed by atoms with Crippen LogP contribution in [-0.2, 0) is 0 Å². The average molecular weight is 294 g/mol. The van der Waals surface area contributed by atoms with Gasteiger partial charge >= 0.3 is 0 Å². The lowest BCUT2D eigenvalue weighted by molar-refractivity contribution is 0.297. The maximum absolute atomic E-state index is 5.79. The standard InChI is InChI=1S/C14H22N4OS/c1-2-3-4-5-6-7-9-19-12-11-8-10-20-13(11)17-14(16-12)18-15/h8,10H,2-7,9,15H2,1H3,(H,16,17,18). The van der Waals surface area contributed by atoms with Gasteiger partial charge in [-0.25, -0.2) is 10.8 Å². The molecule has 2 aromatic rings. The summed E-state index contributed by atoms with van der Waals surface area (Å²) in [5.41, 5.74) is 2.48. The quantitative estimate of drug-likeness (QED) is 0.419. The number of unbranched alkanes of at least 4 members (excludes halogenated alkanes) is 5. The number of ether oxygens (including phenoxy) is 1. The Balaban J connectivity index is 1.84. The SMILES string of the molecule is CCCCCCCCOc1nc(NN)nc2sccc12. The van der Waals surface area contributed by atoms with Crippen LogP contribution in [0.3, 0.4) is 0 Å². The first kappa shape index (κ1) is 15.0. The molecule has 0 aliphatic rings. The topological polar surface area (TPSA) is 73.1 Å². The van der Waals surface area contributed by atoms with E-state index in [1.165, 1.54) is 32.1 Å². The highest BCUT2D eigenvalue weighted by molar-refractivity contribution is 7.16. The van der Waals surface area contributed by atoms with Gasteiger partial charge in [-0.1, -0.05) is 39.0 Å². The van der Waals surface area contributed by atoms with Crippen LogP contribution in [0.25, 0.3) is 10.2 Å². The zero-order chi connectivity index (χ0) is 14.2. The molecule has 3 N–H and O–H groups in total. The van der Waals surface area contributed by atoms with Crippen molar-refractivity contribution in [3.05, 3.63) is 11.4 Å². The van der Waals surface area contributed by atoms with Gasteiger partial charge in [-0.15, -0.1) is 11.3 Å². The molecular weight excluding hydrogens is 272 g/mol. The van der Waals surface area contributed by atoms with Gasteiger partial charge in [0.05, 0.1) is 12.0 Å². The van der Waals surface area contributed by atoms with Gasteiger partial charge in [-0.3, -0.25) is 5.43 Å². The van der Waals surface area contributed by atoms with Crippen molar-refractivity contribution < 1.29 is 4.74 Å². The number of anilines is 1. The van der Waals surface area contributed by atoms with Crippen molar-refractivity contribution >= 4 is 27.5 Å². The lowest BCUT2D eigenvalue weighted by Crippen LogP contribution is -2.11. The highest BCUT2D eigenvalue weighted by Crippen LogP contribution is 2.28. The van der Waals surface area contributed by atoms with E-state index in [2.05, 4.69) is 22.3 Å². The first-order valence-corrected chi connectivity index (χ1v) is 8.07. The lowest BCUT2D eigenvalue weighted by atomic mass is 10.1. The fraction of sp³-hybridized carbons (Fsp3) is 0.571. The molecule has 5 nitrogen and oxygen atoms in total. The molecule has 0 bridgehead atoms. The molecule has 0 fully saturated rings. The van der Waals surface area contributed by atoms with Crippen molar-refractivity contribution in [3.63, 3.8) is 0 Å². The van der Waals surface area contributed by atoms with E-state index in [0.29, 0.717) is 18.4 Å². The summed E-state index contributed by atoms with van der Waals surface area (Å²) < 4.78 is 5.79. The van der Waals surface area contributed by atoms with Gasteiger partial charge in [0.25, 0.3) is 0 Å². The van der Waals surface area contributed by atoms with E-state index in [-0.39, 0.29) is 0 Å². The average Bonchev–Trinajstić information content (AvgIpc) is 2.94. The number of nitrogens with two attached hydrogens (primary N) is 1. The maximum Gasteiger partial charge on any atom is 0.241 e. The van der Waals surface area contributed by atoms with Crippen LogP contribution in [0.15, 0.2) is 11.4 Å². The van der Waals surface area contributed by atoms with Crippen molar-refractivity contribution in [3.8, 4) is 5.88 Å². The molecule has 0 amide bonds. The summed E-state index contributed by atoms with van der Waals surface area (Å²) in [5, 5.41) is 2.94. The van der Waals surface area contributed by atoms with E-state index in [0.717, 1.165) is 16.6 Å². The van der Waals surface area contributed by atoms with E-state index >= 15 is 0 Å². The molecule has 0 atom stereocenters. The van der Waals surface area contributed by atoms with Gasteiger partial charge in [-0.2, -0.15) is 4.98 Å². The number of thiophene rings is 1. The number of nitrogen functional groups attached to an aromatic ring is 1. The van der Waals surface area contributed by atoms with Gasteiger partial charge < -0.3 is 4.74 Å². The third-order valence-electron chi connectivity index (χ3n) is 3.16. The van der Waals surface area contributed by atoms with Crippen LogP contribution < -0.4 is 16.0 Å². The minimum atomic E-state index is 0.401. The van der Waals surface area contributed by atoms with E-state index < -0.39 is 0 Å². The van der Waals surface area contributed by atoms with Crippen LogP contribution in [0, 0.1) is 0 Å². The van der Waals surface area contributed by atoms with E-state index in [9.17, 15) is 0 Å². The molecular formula is C14H22N4OS. The summed E-state index contributed by atoms with van der Waals surface area (Å²) >= 11 is 1.56. The molecule has 20 heavy (non-hydrogen) atoms. The number of rotatable bonds is 9. The highest BCUT2D eigenvalue weighted by atomic mass is 32.1. The van der Waals surface area contributed by atoms with Crippen molar-refractivity contribution in [1.82, 2.24) is 9.97 Å². The highest BCUT2D eigenvalue weighted by Gasteiger charge is 2.09. The molecule has 0 saturated carbocycles. The molecule has 0 aliphatic heterocycles. The largest absolute Gasteiger partial charge is 0.477 e. The maximum atomic E-state index is 5.79. The monoisotopic (exact) mass is 294 g/mol. The second-order valence-corrected chi connectivity index (χ2v) is 5.65. The first-order chi connectivity index (χ1) is 9.85. The molecule has 0 spiro atoms. The Hall–Kier alpha value is -1.40. The number of nitrogens with one attached hydrogen (secondary N) is 1. The Kier molecular flexibility index (Phi) is 6.01. The number of hydrogen-bond acceptors (Lipinski definition) is 6. The normalized spacial score (nSPS) is 10.9. The summed E-state index contributed by atoms with van der Waals surface area (Å²) in [6.07, 6.45) is 7.48. The molecule has 0 saturated heterocycles. The molecule has 110 valence electrons. The molecule has 0 aliphatic carbocycles. The van der Waals surface area contributed by atoms with Crippen molar-refractivity contribution in [2.45, 2.75) is 45.4 Å². The van der Waals surface area contributed by atoms with E-state index in [1.807, 2.05) is 11.4 Å². The molecule has 0 aromatic carbocycles. The molecule has 2 aromatic heterocycles. The zero-order valence-corrected chi connectivity index (χ0v) is 12.7. The van der Waals surface area contributed by atoms with Crippen LogP contribution >= 0.6 is 11.3 Å². The number of hydrogen-bond donors (Lipinski definition) is 2. The number of fused-ring (bicyclic) bond motifs is 1. The smallest absolute Gasteiger partial charge is 0.241 e. The second-order valence-electron chi connectivity index (χ2n) is 4.75. The van der Waals surface area contributed by atoms with Crippen LogP contribution in [0.5, 0.6) is 5.88 Å². The first-order valence-electron chi connectivity index (χ1n) is 7.19. The summed E-state index contributed by atoms with van der Waals surface area (Å²) in [4.78, 5) is 9.45. The Morgan fingerprint density at radius 3 is 2.80 bits per heavy atom. The van der Waals surface area contributed by atoms with Crippen molar-refractivity contribution in [2.24, 2.45) is 5.84 Å². The number of nitrogens with zero attached hydrogens (tertiary/aromatic N) is 2. The van der Waals surface area contributed by atoms with Gasteiger partial charge in [0, 0.05) is 0 Å². The molecule has 6 heteroatoms. The number of hydrazine groups is 1. The van der Waals surface area contributed by atoms with Gasteiger partial charge in [0.1, 0.15) is 4.83 Å². The van der Waals surface area contributed by atoms with E-state index in [1.54, 1.807) is 11.3 Å². The van der Waals surface area contributed by atoms with Crippen LogP contribution in [0.4, 0.5) is 5.95 Å². The summed E-state index contributed by atoms with van der Waals surface area (Å²) in [6.45, 7) is 2.92. The minimum Gasteiger partial charge on any atom is -0.477 e. The second kappa shape index (κ2) is 8.01. The summed E-state index contributed by atoms with van der Waals surface area (Å²) in [5.74, 6) is 6.40. The summed E-state index contributed by atoms with van der Waals surface area (Å²) in [6, 6.07) is 1.98. The van der Waals surface area contributed by atoms with Gasteiger partial charge in [-0.05, 0) is 17.9 Å². The Bertz CT molecular complexity index is 529. The number of aromatic nitrogens is 2. The third kappa shape index (κ3) is 4.05.